The van der Waals surface area contributed by atoms with E-state index in [1.54, 1.807) is 7.05 Å². The van der Waals surface area contributed by atoms with E-state index in [0.29, 0.717) is 18.5 Å². The SMILES string of the molecule is CCC(CC)c1cc(CNC(=NC)NCc2ccccc2CN(C)C(C)C)on1. The molecule has 29 heavy (non-hydrogen) atoms. The molecule has 0 spiro atoms. The van der Waals surface area contributed by atoms with Gasteiger partial charge in [-0.05, 0) is 44.9 Å². The lowest BCUT2D eigenvalue weighted by molar-refractivity contribution is 0.265. The highest BCUT2D eigenvalue weighted by molar-refractivity contribution is 5.79. The molecular weight excluding hydrogens is 362 g/mol. The van der Waals surface area contributed by atoms with Crippen LogP contribution in [0, 0.1) is 0 Å². The average Bonchev–Trinajstić information content (AvgIpc) is 3.18. The van der Waals surface area contributed by atoms with Crippen molar-refractivity contribution in [2.75, 3.05) is 14.1 Å². The molecule has 6 nitrogen and oxygen atoms in total. The molecule has 0 bridgehead atoms. The first-order valence-corrected chi connectivity index (χ1v) is 10.6. The van der Waals surface area contributed by atoms with E-state index in [1.807, 2.05) is 0 Å². The molecule has 1 aromatic heterocycles. The molecule has 2 aromatic rings. The second-order valence-electron chi connectivity index (χ2n) is 7.79. The van der Waals surface area contributed by atoms with E-state index in [4.69, 9.17) is 4.52 Å². The number of nitrogens with zero attached hydrogens (tertiary/aromatic N) is 3. The molecule has 0 unspecified atom stereocenters. The summed E-state index contributed by atoms with van der Waals surface area (Å²) in [5.74, 6) is 2.04. The third-order valence-electron chi connectivity index (χ3n) is 5.50. The number of guanidine groups is 1. The van der Waals surface area contributed by atoms with Gasteiger partial charge in [0.1, 0.15) is 0 Å². The Morgan fingerprint density at radius 2 is 1.76 bits per heavy atom. The average molecular weight is 400 g/mol. The number of nitrogens with one attached hydrogen (secondary N) is 2. The Kier molecular flexibility index (Phi) is 9.19. The van der Waals surface area contributed by atoms with Crippen LogP contribution in [-0.4, -0.2) is 36.2 Å². The maximum atomic E-state index is 5.49. The van der Waals surface area contributed by atoms with Gasteiger partial charge in [-0.2, -0.15) is 0 Å². The van der Waals surface area contributed by atoms with Gasteiger partial charge in [-0.3, -0.25) is 9.89 Å². The van der Waals surface area contributed by atoms with Crippen molar-refractivity contribution < 1.29 is 4.52 Å². The number of rotatable bonds is 10. The van der Waals surface area contributed by atoms with E-state index in [-0.39, 0.29) is 0 Å². The van der Waals surface area contributed by atoms with E-state index in [2.05, 4.69) is 90.8 Å². The maximum Gasteiger partial charge on any atom is 0.191 e. The predicted molar refractivity (Wildman–Crippen MR) is 120 cm³/mol. The summed E-state index contributed by atoms with van der Waals surface area (Å²) in [7, 11) is 3.94. The summed E-state index contributed by atoms with van der Waals surface area (Å²) in [6.45, 7) is 11.0. The van der Waals surface area contributed by atoms with Gasteiger partial charge in [-0.1, -0.05) is 43.3 Å². The van der Waals surface area contributed by atoms with Crippen LogP contribution in [0.3, 0.4) is 0 Å². The van der Waals surface area contributed by atoms with Crippen molar-refractivity contribution in [2.24, 2.45) is 4.99 Å². The quantitative estimate of drug-likeness (QED) is 0.461. The number of aromatic nitrogens is 1. The second-order valence-corrected chi connectivity index (χ2v) is 7.79. The van der Waals surface area contributed by atoms with Crippen LogP contribution in [0.5, 0.6) is 0 Å². The number of hydrogen-bond acceptors (Lipinski definition) is 4. The lowest BCUT2D eigenvalue weighted by Crippen LogP contribution is -2.36. The van der Waals surface area contributed by atoms with Crippen LogP contribution in [0.1, 0.15) is 69.0 Å². The first kappa shape index (κ1) is 22.9. The van der Waals surface area contributed by atoms with E-state index < -0.39 is 0 Å². The molecule has 1 heterocycles. The van der Waals surface area contributed by atoms with Crippen molar-refractivity contribution in [3.05, 3.63) is 52.9 Å². The van der Waals surface area contributed by atoms with E-state index >= 15 is 0 Å². The Bertz CT molecular complexity index is 764. The third-order valence-corrected chi connectivity index (χ3v) is 5.50. The molecule has 0 aliphatic heterocycles. The minimum absolute atomic E-state index is 0.463. The van der Waals surface area contributed by atoms with Crippen molar-refractivity contribution in [2.45, 2.75) is 72.1 Å². The molecule has 1 aromatic carbocycles. The van der Waals surface area contributed by atoms with Gasteiger partial charge in [0.15, 0.2) is 11.7 Å². The smallest absolute Gasteiger partial charge is 0.191 e. The maximum absolute atomic E-state index is 5.49. The lowest BCUT2D eigenvalue weighted by atomic mass is 9.99. The number of benzene rings is 1. The van der Waals surface area contributed by atoms with Crippen molar-refractivity contribution in [3.63, 3.8) is 0 Å². The Labute approximate surface area is 175 Å². The lowest BCUT2D eigenvalue weighted by Gasteiger charge is -2.23. The Balaban J connectivity index is 1.92. The first-order chi connectivity index (χ1) is 14.0. The highest BCUT2D eigenvalue weighted by atomic mass is 16.5. The number of aliphatic imine (C=N–C) groups is 1. The molecule has 0 radical (unpaired) electrons. The van der Waals surface area contributed by atoms with Gasteiger partial charge in [-0.25, -0.2) is 0 Å². The Morgan fingerprint density at radius 3 is 2.38 bits per heavy atom. The normalized spacial score (nSPS) is 12.2. The van der Waals surface area contributed by atoms with Gasteiger partial charge in [0.2, 0.25) is 0 Å². The van der Waals surface area contributed by atoms with Crippen LogP contribution in [0.4, 0.5) is 0 Å². The summed E-state index contributed by atoms with van der Waals surface area (Å²) in [6.07, 6.45) is 2.15. The van der Waals surface area contributed by atoms with Crippen molar-refractivity contribution in [3.8, 4) is 0 Å². The Morgan fingerprint density at radius 1 is 1.10 bits per heavy atom. The molecule has 0 aliphatic carbocycles. The van der Waals surface area contributed by atoms with Crippen molar-refractivity contribution >= 4 is 5.96 Å². The molecule has 6 heteroatoms. The summed E-state index contributed by atoms with van der Waals surface area (Å²) in [4.78, 5) is 6.67. The fourth-order valence-corrected chi connectivity index (χ4v) is 3.22. The van der Waals surface area contributed by atoms with Crippen molar-refractivity contribution in [1.82, 2.24) is 20.7 Å². The van der Waals surface area contributed by atoms with Crippen LogP contribution < -0.4 is 10.6 Å². The fourth-order valence-electron chi connectivity index (χ4n) is 3.22. The van der Waals surface area contributed by atoms with E-state index in [9.17, 15) is 0 Å². The van der Waals surface area contributed by atoms with E-state index in [0.717, 1.165) is 43.3 Å². The molecule has 0 fully saturated rings. The van der Waals surface area contributed by atoms with Gasteiger partial charge in [-0.15, -0.1) is 0 Å². The molecule has 0 atom stereocenters. The predicted octanol–water partition coefficient (Wildman–Crippen LogP) is 4.28. The molecule has 0 saturated carbocycles. The fraction of sp³-hybridized carbons (Fsp3) is 0.565. The minimum atomic E-state index is 0.463. The van der Waals surface area contributed by atoms with Gasteiger partial charge < -0.3 is 15.2 Å². The van der Waals surface area contributed by atoms with Crippen molar-refractivity contribution in [1.29, 1.82) is 0 Å². The van der Waals surface area contributed by atoms with Gasteiger partial charge in [0, 0.05) is 38.2 Å². The summed E-state index contributed by atoms with van der Waals surface area (Å²) in [6, 6.07) is 11.1. The molecule has 0 saturated heterocycles. The first-order valence-electron chi connectivity index (χ1n) is 10.6. The molecule has 0 aliphatic rings. The standard InChI is InChI=1S/C23H37N5O/c1-7-18(8-2)22-13-21(29-27-22)15-26-23(24-5)25-14-19-11-9-10-12-20(19)16-28(6)17(3)4/h9-13,17-18H,7-8,14-16H2,1-6H3,(H2,24,25,26). The number of hydrogen-bond donors (Lipinski definition) is 2. The molecule has 0 amide bonds. The van der Waals surface area contributed by atoms with Crippen LogP contribution in [-0.2, 0) is 19.6 Å². The van der Waals surface area contributed by atoms with Crippen LogP contribution in [0.15, 0.2) is 39.8 Å². The van der Waals surface area contributed by atoms with E-state index in [1.165, 1.54) is 11.1 Å². The molecule has 160 valence electrons. The van der Waals surface area contributed by atoms with Crippen LogP contribution in [0.2, 0.25) is 0 Å². The summed E-state index contributed by atoms with van der Waals surface area (Å²) in [5.41, 5.74) is 3.65. The second kappa shape index (κ2) is 11.6. The highest BCUT2D eigenvalue weighted by Crippen LogP contribution is 2.22. The van der Waals surface area contributed by atoms with Gasteiger partial charge in [0.25, 0.3) is 0 Å². The summed E-state index contributed by atoms with van der Waals surface area (Å²) < 4.78 is 5.49. The van der Waals surface area contributed by atoms with Gasteiger partial charge >= 0.3 is 0 Å². The highest BCUT2D eigenvalue weighted by Gasteiger charge is 2.13. The van der Waals surface area contributed by atoms with Gasteiger partial charge in [0.05, 0.1) is 12.2 Å². The van der Waals surface area contributed by atoms with Crippen LogP contribution >= 0.6 is 0 Å². The summed E-state index contributed by atoms with van der Waals surface area (Å²) >= 11 is 0. The zero-order valence-electron chi connectivity index (χ0n) is 18.8. The zero-order chi connectivity index (χ0) is 21.2. The Hall–Kier alpha value is -2.34. The molecule has 2 rings (SSSR count). The molecule has 2 N–H and O–H groups in total. The molecular formula is C23H37N5O. The largest absolute Gasteiger partial charge is 0.359 e. The third kappa shape index (κ3) is 6.89. The van der Waals surface area contributed by atoms with Crippen LogP contribution in [0.25, 0.3) is 0 Å². The zero-order valence-corrected chi connectivity index (χ0v) is 18.8. The minimum Gasteiger partial charge on any atom is -0.359 e. The summed E-state index contributed by atoms with van der Waals surface area (Å²) in [5, 5.41) is 11.0. The monoisotopic (exact) mass is 399 g/mol. The topological polar surface area (TPSA) is 65.7 Å².